The highest BCUT2D eigenvalue weighted by molar-refractivity contribution is 7.99. The van der Waals surface area contributed by atoms with Gasteiger partial charge in [0, 0.05) is 43.2 Å². The third-order valence-corrected chi connectivity index (χ3v) is 5.63. The highest BCUT2D eigenvalue weighted by atomic mass is 32.2. The van der Waals surface area contributed by atoms with Gasteiger partial charge < -0.3 is 9.64 Å². The van der Waals surface area contributed by atoms with E-state index in [9.17, 15) is 4.79 Å². The molecule has 2 fully saturated rings. The molecule has 0 aliphatic carbocycles. The number of carbonyl (C=O) groups excluding carboxylic acids is 1. The Morgan fingerprint density at radius 3 is 2.19 bits per heavy atom. The van der Waals surface area contributed by atoms with Crippen LogP contribution in [0.2, 0.25) is 0 Å². The Hall–Kier alpha value is -0.420. The van der Waals surface area contributed by atoms with Crippen LogP contribution in [-0.4, -0.2) is 64.7 Å². The predicted molar refractivity (Wildman–Crippen MR) is 89.0 cm³/mol. The molecule has 0 bridgehead atoms. The van der Waals surface area contributed by atoms with Gasteiger partial charge in [-0.05, 0) is 40.0 Å². The van der Waals surface area contributed by atoms with Crippen molar-refractivity contribution in [3.63, 3.8) is 0 Å². The van der Waals surface area contributed by atoms with Crippen LogP contribution in [0.5, 0.6) is 0 Å². The molecule has 0 radical (unpaired) electrons. The molecular weight excluding hydrogens is 284 g/mol. The largest absolute Gasteiger partial charge is 0.444 e. The number of nitrogens with zero attached hydrogens (tertiary/aromatic N) is 2. The number of piperidine rings is 1. The van der Waals surface area contributed by atoms with E-state index in [1.807, 2.05) is 25.7 Å². The number of carbonyl (C=O) groups is 1. The second-order valence-electron chi connectivity index (χ2n) is 7.14. The van der Waals surface area contributed by atoms with Crippen LogP contribution in [0.4, 0.5) is 4.79 Å². The first-order valence-electron chi connectivity index (χ1n) is 8.17. The van der Waals surface area contributed by atoms with E-state index in [0.717, 1.165) is 25.9 Å². The first-order valence-corrected chi connectivity index (χ1v) is 9.32. The molecule has 122 valence electrons. The van der Waals surface area contributed by atoms with Crippen LogP contribution in [0.25, 0.3) is 0 Å². The number of hydrogen-bond acceptors (Lipinski definition) is 4. The molecule has 0 saturated carbocycles. The first-order chi connectivity index (χ1) is 9.86. The topological polar surface area (TPSA) is 32.8 Å². The van der Waals surface area contributed by atoms with Crippen LogP contribution >= 0.6 is 11.8 Å². The van der Waals surface area contributed by atoms with Crippen LogP contribution in [-0.2, 0) is 4.74 Å². The van der Waals surface area contributed by atoms with Crippen molar-refractivity contribution in [3.05, 3.63) is 0 Å². The van der Waals surface area contributed by atoms with Gasteiger partial charge in [0.1, 0.15) is 5.60 Å². The van der Waals surface area contributed by atoms with Crippen LogP contribution in [0, 0.1) is 0 Å². The number of rotatable bonds is 2. The summed E-state index contributed by atoms with van der Waals surface area (Å²) in [5, 5.41) is 0. The number of amides is 1. The van der Waals surface area contributed by atoms with E-state index in [0.29, 0.717) is 5.54 Å². The summed E-state index contributed by atoms with van der Waals surface area (Å²) in [6, 6.07) is 0. The van der Waals surface area contributed by atoms with Crippen molar-refractivity contribution in [1.29, 1.82) is 0 Å². The minimum atomic E-state index is -0.402. The van der Waals surface area contributed by atoms with Gasteiger partial charge in [0.25, 0.3) is 0 Å². The van der Waals surface area contributed by atoms with Crippen molar-refractivity contribution in [1.82, 2.24) is 9.80 Å². The summed E-state index contributed by atoms with van der Waals surface area (Å²) >= 11 is 2.06. The lowest BCUT2D eigenvalue weighted by atomic mass is 9.83. The second-order valence-corrected chi connectivity index (χ2v) is 8.37. The van der Waals surface area contributed by atoms with Gasteiger partial charge in [0.15, 0.2) is 0 Å². The maximum Gasteiger partial charge on any atom is 0.410 e. The van der Waals surface area contributed by atoms with Gasteiger partial charge in [-0.15, -0.1) is 0 Å². The molecule has 2 saturated heterocycles. The standard InChI is InChI=1S/C16H30N2O2S/c1-5-16(18-10-12-21-13-11-18)6-8-17(9-7-16)14(19)20-15(2,3)4/h5-13H2,1-4H3. The maximum absolute atomic E-state index is 12.2. The lowest BCUT2D eigenvalue weighted by Gasteiger charge is -2.49. The fourth-order valence-corrected chi connectivity index (χ4v) is 4.27. The maximum atomic E-state index is 12.2. The van der Waals surface area contributed by atoms with E-state index in [4.69, 9.17) is 4.74 Å². The normalized spacial score (nSPS) is 23.9. The van der Waals surface area contributed by atoms with E-state index in [2.05, 4.69) is 23.6 Å². The minimum Gasteiger partial charge on any atom is -0.444 e. The van der Waals surface area contributed by atoms with Crippen molar-refractivity contribution >= 4 is 17.9 Å². The van der Waals surface area contributed by atoms with Crippen molar-refractivity contribution < 1.29 is 9.53 Å². The van der Waals surface area contributed by atoms with E-state index < -0.39 is 5.60 Å². The SMILES string of the molecule is CCC1(N2CCSCC2)CCN(C(=O)OC(C)(C)C)CC1. The fourth-order valence-electron chi connectivity index (χ4n) is 3.36. The molecule has 0 aromatic heterocycles. The molecule has 2 aliphatic rings. The lowest BCUT2D eigenvalue weighted by molar-refractivity contribution is -0.00621. The van der Waals surface area contributed by atoms with E-state index >= 15 is 0 Å². The summed E-state index contributed by atoms with van der Waals surface area (Å²) in [4.78, 5) is 16.7. The minimum absolute atomic E-state index is 0.151. The van der Waals surface area contributed by atoms with Crippen molar-refractivity contribution in [2.75, 3.05) is 37.7 Å². The van der Waals surface area contributed by atoms with E-state index in [1.54, 1.807) is 0 Å². The number of likely N-dealkylation sites (tertiary alicyclic amines) is 1. The summed E-state index contributed by atoms with van der Waals surface area (Å²) in [6.07, 6.45) is 3.18. The molecule has 0 spiro atoms. The number of hydrogen-bond donors (Lipinski definition) is 0. The van der Waals surface area contributed by atoms with Gasteiger partial charge in [-0.1, -0.05) is 6.92 Å². The summed E-state index contributed by atoms with van der Waals surface area (Å²) in [5.74, 6) is 2.50. The number of ether oxygens (including phenoxy) is 1. The zero-order chi connectivity index (χ0) is 15.5. The number of thioether (sulfide) groups is 1. The molecule has 21 heavy (non-hydrogen) atoms. The Kier molecular flexibility index (Phi) is 5.47. The first kappa shape index (κ1) is 16.9. The Labute approximate surface area is 133 Å². The second kappa shape index (κ2) is 6.78. The van der Waals surface area contributed by atoms with Gasteiger partial charge in [0.05, 0.1) is 0 Å². The molecular formula is C16H30N2O2S. The van der Waals surface area contributed by atoms with Gasteiger partial charge in [-0.2, -0.15) is 11.8 Å². The van der Waals surface area contributed by atoms with E-state index in [-0.39, 0.29) is 6.09 Å². The molecule has 2 heterocycles. The smallest absolute Gasteiger partial charge is 0.410 e. The van der Waals surface area contributed by atoms with E-state index in [1.165, 1.54) is 31.0 Å². The fraction of sp³-hybridized carbons (Fsp3) is 0.938. The Balaban J connectivity index is 1.92. The molecule has 5 heteroatoms. The van der Waals surface area contributed by atoms with Gasteiger partial charge in [-0.25, -0.2) is 4.79 Å². The third kappa shape index (κ3) is 4.28. The predicted octanol–water partition coefficient (Wildman–Crippen LogP) is 3.21. The zero-order valence-electron chi connectivity index (χ0n) is 14.0. The van der Waals surface area contributed by atoms with Crippen LogP contribution in [0.15, 0.2) is 0 Å². The molecule has 2 rings (SSSR count). The van der Waals surface area contributed by atoms with Gasteiger partial charge in [0.2, 0.25) is 0 Å². The van der Waals surface area contributed by atoms with Crippen molar-refractivity contribution in [2.45, 2.75) is 58.1 Å². The summed E-state index contributed by atoms with van der Waals surface area (Å²) in [7, 11) is 0. The molecule has 2 aliphatic heterocycles. The lowest BCUT2D eigenvalue weighted by Crippen LogP contribution is -2.58. The monoisotopic (exact) mass is 314 g/mol. The quantitative estimate of drug-likeness (QED) is 0.783. The van der Waals surface area contributed by atoms with Gasteiger partial charge in [-0.3, -0.25) is 4.90 Å². The van der Waals surface area contributed by atoms with Crippen LogP contribution in [0.3, 0.4) is 0 Å². The molecule has 0 aromatic rings. The molecule has 0 unspecified atom stereocenters. The Bertz CT molecular complexity index is 354. The molecule has 0 N–H and O–H groups in total. The average Bonchev–Trinajstić information content (AvgIpc) is 2.46. The molecule has 1 amide bonds. The average molecular weight is 314 g/mol. The summed E-state index contributed by atoms with van der Waals surface area (Å²) < 4.78 is 5.49. The third-order valence-electron chi connectivity index (χ3n) is 4.69. The Morgan fingerprint density at radius 1 is 1.14 bits per heavy atom. The molecule has 0 aromatic carbocycles. The zero-order valence-corrected chi connectivity index (χ0v) is 14.8. The Morgan fingerprint density at radius 2 is 1.71 bits per heavy atom. The highest BCUT2D eigenvalue weighted by Crippen LogP contribution is 2.34. The molecule has 0 atom stereocenters. The van der Waals surface area contributed by atoms with Crippen LogP contribution < -0.4 is 0 Å². The summed E-state index contributed by atoms with van der Waals surface area (Å²) in [5.41, 5.74) is -0.0973. The molecule has 4 nitrogen and oxygen atoms in total. The highest BCUT2D eigenvalue weighted by Gasteiger charge is 2.40. The van der Waals surface area contributed by atoms with Crippen molar-refractivity contribution in [3.8, 4) is 0 Å². The van der Waals surface area contributed by atoms with Gasteiger partial charge >= 0.3 is 6.09 Å². The summed E-state index contributed by atoms with van der Waals surface area (Å²) in [6.45, 7) is 12.1. The van der Waals surface area contributed by atoms with Crippen molar-refractivity contribution in [2.24, 2.45) is 0 Å². The van der Waals surface area contributed by atoms with Crippen LogP contribution in [0.1, 0.15) is 47.0 Å².